The van der Waals surface area contributed by atoms with Crippen LogP contribution in [0, 0.1) is 25.2 Å². The summed E-state index contributed by atoms with van der Waals surface area (Å²) in [6, 6.07) is 10.1. The van der Waals surface area contributed by atoms with Crippen molar-refractivity contribution < 1.29 is 14.6 Å². The van der Waals surface area contributed by atoms with E-state index in [1.165, 1.54) is 5.01 Å². The number of hydrogen-bond donors (Lipinski definition) is 3. The van der Waals surface area contributed by atoms with Crippen LogP contribution in [0.2, 0.25) is 0 Å². The maximum atomic E-state index is 12.5. The van der Waals surface area contributed by atoms with Crippen LogP contribution in [0.4, 0.5) is 11.4 Å². The Hall–Kier alpha value is -3.36. The van der Waals surface area contributed by atoms with E-state index < -0.39 is 17.3 Å². The van der Waals surface area contributed by atoms with Crippen molar-refractivity contribution in [3.63, 3.8) is 0 Å². The zero-order valence-electron chi connectivity index (χ0n) is 23.2. The molecule has 2 heterocycles. The van der Waals surface area contributed by atoms with Crippen LogP contribution < -0.4 is 16.6 Å². The first kappa shape index (κ1) is 27.7. The van der Waals surface area contributed by atoms with Crippen LogP contribution >= 0.6 is 0 Å². The predicted octanol–water partition coefficient (Wildman–Crippen LogP) is 4.65. The molecule has 0 bridgehead atoms. The Morgan fingerprint density at radius 1 is 1.24 bits per heavy atom. The van der Waals surface area contributed by atoms with Gasteiger partial charge in [-0.3, -0.25) is 4.79 Å². The summed E-state index contributed by atoms with van der Waals surface area (Å²) in [6.45, 7) is 9.91. The molecule has 0 aliphatic carbocycles. The van der Waals surface area contributed by atoms with Crippen LogP contribution in [0.15, 0.2) is 42.7 Å². The molecule has 3 aromatic rings. The molecule has 8 heteroatoms. The lowest BCUT2D eigenvalue weighted by Crippen LogP contribution is -2.33. The molecule has 4 rings (SSSR count). The summed E-state index contributed by atoms with van der Waals surface area (Å²) in [5.41, 5.74) is 11.6. The molecule has 1 unspecified atom stereocenters. The van der Waals surface area contributed by atoms with Gasteiger partial charge in [-0.15, -0.1) is 0 Å². The molecular formula is C30H41N5O3. The largest absolute Gasteiger partial charge is 0.481 e. The van der Waals surface area contributed by atoms with Crippen molar-refractivity contribution in [1.29, 1.82) is 0 Å². The minimum atomic E-state index is -1.08. The van der Waals surface area contributed by atoms with Gasteiger partial charge in [-0.25, -0.2) is 10.8 Å². The number of hydrazine groups is 1. The molecule has 1 saturated heterocycles. The van der Waals surface area contributed by atoms with Gasteiger partial charge in [0.15, 0.2) is 0 Å². The smallest absolute Gasteiger partial charge is 0.310 e. The number of hydrogen-bond acceptors (Lipinski definition) is 6. The lowest BCUT2D eigenvalue weighted by atomic mass is 9.69. The molecule has 2 aromatic carbocycles. The summed E-state index contributed by atoms with van der Waals surface area (Å²) in [4.78, 5) is 17.2. The van der Waals surface area contributed by atoms with E-state index >= 15 is 0 Å². The van der Waals surface area contributed by atoms with Gasteiger partial charge >= 0.3 is 5.97 Å². The minimum Gasteiger partial charge on any atom is -0.481 e. The van der Waals surface area contributed by atoms with Gasteiger partial charge in [-0.1, -0.05) is 24.3 Å². The number of rotatable bonds is 9. The molecule has 1 atom stereocenters. The van der Waals surface area contributed by atoms with E-state index in [9.17, 15) is 9.90 Å². The minimum absolute atomic E-state index is 0.414. The third-order valence-corrected chi connectivity index (χ3v) is 8.16. The second-order valence-electron chi connectivity index (χ2n) is 11.2. The molecule has 0 amide bonds. The molecule has 1 aliphatic heterocycles. The van der Waals surface area contributed by atoms with Crippen LogP contribution in [-0.2, 0) is 22.5 Å². The van der Waals surface area contributed by atoms with Crippen LogP contribution in [0.3, 0.4) is 0 Å². The molecule has 0 spiro atoms. The summed E-state index contributed by atoms with van der Waals surface area (Å²) in [6.07, 6.45) is 6.96. The Labute approximate surface area is 225 Å². The number of nitrogens with zero attached hydrogens (tertiary/aromatic N) is 3. The van der Waals surface area contributed by atoms with E-state index in [1.807, 2.05) is 37.5 Å². The molecule has 0 radical (unpaired) electrons. The number of benzene rings is 2. The number of carboxylic acid groups (broad SMARTS) is 1. The van der Waals surface area contributed by atoms with Gasteiger partial charge in [0.1, 0.15) is 5.82 Å². The number of carboxylic acids is 1. The number of imidazole rings is 1. The molecule has 5 N–H and O–H groups in total. The molecular weight excluding hydrogens is 478 g/mol. The maximum Gasteiger partial charge on any atom is 0.310 e. The van der Waals surface area contributed by atoms with Gasteiger partial charge in [0.25, 0.3) is 0 Å². The van der Waals surface area contributed by atoms with Crippen molar-refractivity contribution in [2.75, 3.05) is 31.0 Å². The van der Waals surface area contributed by atoms with Crippen LogP contribution in [0.1, 0.15) is 66.2 Å². The number of aromatic nitrogens is 2. The molecule has 1 aromatic heterocycles. The molecule has 204 valence electrons. The number of nitrogens with two attached hydrogens (primary N) is 2. The van der Waals surface area contributed by atoms with Crippen LogP contribution in [0.5, 0.6) is 0 Å². The average molecular weight is 520 g/mol. The fourth-order valence-electron chi connectivity index (χ4n) is 5.57. The van der Waals surface area contributed by atoms with Crippen LogP contribution in [0.25, 0.3) is 0 Å². The SMILES string of the molecule is Cc1ccc(C(c2ccc(N(C)N)c(N)c2C)C(C)(C)C(=O)O)cc1Cn1ccnc1CC1CCOCC1. The van der Waals surface area contributed by atoms with E-state index in [0.717, 1.165) is 66.1 Å². The van der Waals surface area contributed by atoms with E-state index in [2.05, 4.69) is 28.6 Å². The molecule has 38 heavy (non-hydrogen) atoms. The third-order valence-electron chi connectivity index (χ3n) is 8.16. The number of aliphatic carboxylic acids is 1. The Bertz CT molecular complexity index is 1290. The number of aryl methyl sites for hydroxylation is 1. The van der Waals surface area contributed by atoms with Crippen molar-refractivity contribution in [2.45, 2.75) is 59.4 Å². The fourth-order valence-corrected chi connectivity index (χ4v) is 5.57. The first-order chi connectivity index (χ1) is 18.0. The van der Waals surface area contributed by atoms with Crippen LogP contribution in [-0.4, -0.2) is 40.9 Å². The Morgan fingerprint density at radius 2 is 1.95 bits per heavy atom. The highest BCUT2D eigenvalue weighted by Crippen LogP contribution is 2.45. The average Bonchev–Trinajstić information content (AvgIpc) is 3.30. The molecule has 0 saturated carbocycles. The van der Waals surface area contributed by atoms with Crippen molar-refractivity contribution in [2.24, 2.45) is 17.2 Å². The lowest BCUT2D eigenvalue weighted by molar-refractivity contribution is -0.147. The van der Waals surface area contributed by atoms with Gasteiger partial charge < -0.3 is 25.2 Å². The van der Waals surface area contributed by atoms with Crippen molar-refractivity contribution in [1.82, 2.24) is 9.55 Å². The monoisotopic (exact) mass is 519 g/mol. The fraction of sp³-hybridized carbons (Fsp3) is 0.467. The summed E-state index contributed by atoms with van der Waals surface area (Å²) < 4.78 is 7.74. The van der Waals surface area contributed by atoms with Gasteiger partial charge in [-0.2, -0.15) is 0 Å². The first-order valence-electron chi connectivity index (χ1n) is 13.3. The second kappa shape index (κ2) is 11.2. The molecule has 1 fully saturated rings. The Balaban J connectivity index is 1.73. The standard InChI is InChI=1S/C30H41N5O3/c1-19-6-7-22(17-23(19)18-35-13-12-33-26(35)16-21-10-14-38-15-11-21)27(30(3,4)29(36)37)24-8-9-25(34(5)32)28(31)20(24)2/h6-9,12-13,17,21,27H,10-11,14-16,18,31-32H2,1-5H3,(H,36,37). The highest BCUT2D eigenvalue weighted by Gasteiger charge is 2.40. The van der Waals surface area contributed by atoms with E-state index in [4.69, 9.17) is 16.3 Å². The van der Waals surface area contributed by atoms with Gasteiger partial charge in [0.2, 0.25) is 0 Å². The summed E-state index contributed by atoms with van der Waals surface area (Å²) in [5.74, 6) is 6.36. The number of nitrogen functional groups attached to an aromatic ring is 1. The third kappa shape index (κ3) is 5.56. The summed E-state index contributed by atoms with van der Waals surface area (Å²) >= 11 is 0. The number of carbonyl (C=O) groups is 1. The zero-order chi connectivity index (χ0) is 27.6. The van der Waals surface area contributed by atoms with E-state index in [-0.39, 0.29) is 0 Å². The zero-order valence-corrected chi connectivity index (χ0v) is 23.2. The Morgan fingerprint density at radius 3 is 2.61 bits per heavy atom. The highest BCUT2D eigenvalue weighted by molar-refractivity contribution is 5.78. The van der Waals surface area contributed by atoms with Crippen molar-refractivity contribution in [3.8, 4) is 0 Å². The lowest BCUT2D eigenvalue weighted by Gasteiger charge is -2.34. The quantitative estimate of drug-likeness (QED) is 0.214. The van der Waals surface area contributed by atoms with Crippen molar-refractivity contribution in [3.05, 3.63) is 76.4 Å². The Kier molecular flexibility index (Phi) is 8.13. The van der Waals surface area contributed by atoms with E-state index in [0.29, 0.717) is 23.8 Å². The molecule has 1 aliphatic rings. The first-order valence-corrected chi connectivity index (χ1v) is 13.3. The molecule has 8 nitrogen and oxygen atoms in total. The second-order valence-corrected chi connectivity index (χ2v) is 11.2. The highest BCUT2D eigenvalue weighted by atomic mass is 16.5. The number of anilines is 2. The maximum absolute atomic E-state index is 12.5. The topological polar surface area (TPSA) is 120 Å². The number of ether oxygens (including phenoxy) is 1. The summed E-state index contributed by atoms with van der Waals surface area (Å²) in [5, 5.41) is 11.8. The van der Waals surface area contributed by atoms with Gasteiger partial charge in [0, 0.05) is 51.5 Å². The van der Waals surface area contributed by atoms with Crippen molar-refractivity contribution >= 4 is 17.3 Å². The normalized spacial score (nSPS) is 15.4. The summed E-state index contributed by atoms with van der Waals surface area (Å²) in [7, 11) is 1.74. The van der Waals surface area contributed by atoms with Gasteiger partial charge in [0.05, 0.1) is 16.8 Å². The predicted molar refractivity (Wildman–Crippen MR) is 151 cm³/mol. The van der Waals surface area contributed by atoms with Gasteiger partial charge in [-0.05, 0) is 80.3 Å². The van der Waals surface area contributed by atoms with E-state index in [1.54, 1.807) is 20.9 Å².